The van der Waals surface area contributed by atoms with Gasteiger partial charge in [0, 0.05) is 5.56 Å². The van der Waals surface area contributed by atoms with Crippen molar-refractivity contribution >= 4 is 0 Å². The van der Waals surface area contributed by atoms with Crippen molar-refractivity contribution in [3.05, 3.63) is 24.1 Å². The average Bonchev–Trinajstić information content (AvgIpc) is 3.15. The van der Waals surface area contributed by atoms with Crippen molar-refractivity contribution in [3.63, 3.8) is 0 Å². The number of likely N-dealkylation sites (tertiary alicyclic amines) is 1. The summed E-state index contributed by atoms with van der Waals surface area (Å²) in [5.74, 6) is 1.10. The standard InChI is InChI=1S/C15H17F2N3O3/c1-20-7-3-4-10(20)14-18-13(19-23-14)9-5-6-11(22-15(16)17)12(8-9)21-2/h5-6,8,10,15H,3-4,7H2,1-2H3. The SMILES string of the molecule is COc1cc(-c2noc(C3CCCN3C)n2)ccc1OC(F)F. The van der Waals surface area contributed by atoms with Crippen LogP contribution in [0, 0.1) is 0 Å². The fourth-order valence-electron chi connectivity index (χ4n) is 2.71. The van der Waals surface area contributed by atoms with Crippen molar-refractivity contribution in [2.75, 3.05) is 20.7 Å². The summed E-state index contributed by atoms with van der Waals surface area (Å²) >= 11 is 0. The highest BCUT2D eigenvalue weighted by Gasteiger charge is 2.28. The molecule has 23 heavy (non-hydrogen) atoms. The van der Waals surface area contributed by atoms with Gasteiger partial charge in [0.2, 0.25) is 11.7 Å². The molecule has 0 bridgehead atoms. The van der Waals surface area contributed by atoms with Crippen LogP contribution in [0.1, 0.15) is 24.8 Å². The van der Waals surface area contributed by atoms with Crippen molar-refractivity contribution in [1.82, 2.24) is 15.0 Å². The Morgan fingerprint density at radius 1 is 1.35 bits per heavy atom. The number of benzene rings is 1. The molecule has 1 aromatic carbocycles. The van der Waals surface area contributed by atoms with Crippen molar-refractivity contribution in [2.24, 2.45) is 0 Å². The summed E-state index contributed by atoms with van der Waals surface area (Å²) in [6.45, 7) is -1.92. The number of halogens is 2. The molecule has 0 saturated carbocycles. The highest BCUT2D eigenvalue weighted by atomic mass is 19.3. The maximum absolute atomic E-state index is 12.4. The van der Waals surface area contributed by atoms with Gasteiger partial charge in [-0.3, -0.25) is 4.90 Å². The van der Waals surface area contributed by atoms with Crippen molar-refractivity contribution in [3.8, 4) is 22.9 Å². The number of hydrogen-bond acceptors (Lipinski definition) is 6. The molecule has 1 fully saturated rings. The maximum atomic E-state index is 12.4. The zero-order chi connectivity index (χ0) is 16.4. The molecule has 1 saturated heterocycles. The van der Waals surface area contributed by atoms with Crippen LogP contribution in [0.25, 0.3) is 11.4 Å². The number of hydrogen-bond donors (Lipinski definition) is 0. The van der Waals surface area contributed by atoms with E-state index in [-0.39, 0.29) is 17.5 Å². The molecule has 2 heterocycles. The van der Waals surface area contributed by atoms with E-state index in [1.165, 1.54) is 13.2 Å². The maximum Gasteiger partial charge on any atom is 0.387 e. The second kappa shape index (κ2) is 6.49. The molecule has 0 amide bonds. The number of methoxy groups -OCH3 is 1. The highest BCUT2D eigenvalue weighted by molar-refractivity contribution is 5.60. The molecular formula is C15H17F2N3O3. The first kappa shape index (κ1) is 15.7. The quantitative estimate of drug-likeness (QED) is 0.842. The molecule has 1 aromatic heterocycles. The molecule has 0 spiro atoms. The van der Waals surface area contributed by atoms with Crippen LogP contribution in [-0.4, -0.2) is 42.4 Å². The lowest BCUT2D eigenvalue weighted by Gasteiger charge is -2.14. The van der Waals surface area contributed by atoms with Crippen LogP contribution in [0.15, 0.2) is 22.7 Å². The Bertz CT molecular complexity index is 678. The Labute approximate surface area is 132 Å². The minimum atomic E-state index is -2.91. The molecule has 6 nitrogen and oxygen atoms in total. The molecule has 3 rings (SSSR count). The molecule has 124 valence electrons. The summed E-state index contributed by atoms with van der Waals surface area (Å²) < 4.78 is 39.5. The van der Waals surface area contributed by atoms with Gasteiger partial charge in [-0.25, -0.2) is 0 Å². The zero-order valence-corrected chi connectivity index (χ0v) is 12.8. The first-order valence-electron chi connectivity index (χ1n) is 7.25. The van der Waals surface area contributed by atoms with Crippen molar-refractivity contribution < 1.29 is 22.8 Å². The van der Waals surface area contributed by atoms with E-state index in [2.05, 4.69) is 19.8 Å². The fraction of sp³-hybridized carbons (Fsp3) is 0.467. The Morgan fingerprint density at radius 3 is 2.83 bits per heavy atom. The molecule has 8 heteroatoms. The van der Waals surface area contributed by atoms with Crippen LogP contribution in [0.5, 0.6) is 11.5 Å². The van der Waals surface area contributed by atoms with Crippen molar-refractivity contribution in [1.29, 1.82) is 0 Å². The van der Waals surface area contributed by atoms with Crippen LogP contribution < -0.4 is 9.47 Å². The Morgan fingerprint density at radius 2 is 2.17 bits per heavy atom. The molecular weight excluding hydrogens is 308 g/mol. The largest absolute Gasteiger partial charge is 0.493 e. The molecule has 0 aliphatic carbocycles. The van der Waals surface area contributed by atoms with Crippen LogP contribution in [0.4, 0.5) is 8.78 Å². The van der Waals surface area contributed by atoms with Gasteiger partial charge in [0.1, 0.15) is 0 Å². The molecule has 0 radical (unpaired) electrons. The highest BCUT2D eigenvalue weighted by Crippen LogP contribution is 2.34. The molecule has 1 aliphatic heterocycles. The predicted octanol–water partition coefficient (Wildman–Crippen LogP) is 3.11. The van der Waals surface area contributed by atoms with Gasteiger partial charge >= 0.3 is 6.61 Å². The third-order valence-corrected chi connectivity index (χ3v) is 3.89. The first-order valence-corrected chi connectivity index (χ1v) is 7.25. The molecule has 1 unspecified atom stereocenters. The Hall–Kier alpha value is -2.22. The van der Waals surface area contributed by atoms with Gasteiger partial charge in [-0.2, -0.15) is 13.8 Å². The number of nitrogens with zero attached hydrogens (tertiary/aromatic N) is 3. The van der Waals surface area contributed by atoms with Gasteiger partial charge in [0.25, 0.3) is 0 Å². The number of rotatable bonds is 5. The van der Waals surface area contributed by atoms with E-state index in [0.717, 1.165) is 19.4 Å². The normalized spacial score (nSPS) is 18.6. The summed E-state index contributed by atoms with van der Waals surface area (Å²) in [6.07, 6.45) is 2.06. The summed E-state index contributed by atoms with van der Waals surface area (Å²) in [7, 11) is 3.40. The third kappa shape index (κ3) is 3.26. The lowest BCUT2D eigenvalue weighted by atomic mass is 10.2. The average molecular weight is 325 g/mol. The molecule has 0 N–H and O–H groups in total. The summed E-state index contributed by atoms with van der Waals surface area (Å²) in [6, 6.07) is 4.66. The van der Waals surface area contributed by atoms with Crippen LogP contribution >= 0.6 is 0 Å². The Balaban J connectivity index is 1.85. The van der Waals surface area contributed by atoms with E-state index < -0.39 is 6.61 Å². The molecule has 1 aliphatic rings. The summed E-state index contributed by atoms with van der Waals surface area (Å²) in [4.78, 5) is 6.58. The number of ether oxygens (including phenoxy) is 2. The minimum Gasteiger partial charge on any atom is -0.493 e. The topological polar surface area (TPSA) is 60.6 Å². The second-order valence-electron chi connectivity index (χ2n) is 5.34. The minimum absolute atomic E-state index is 0.0366. The smallest absolute Gasteiger partial charge is 0.387 e. The third-order valence-electron chi connectivity index (χ3n) is 3.89. The zero-order valence-electron chi connectivity index (χ0n) is 12.8. The van der Waals surface area contributed by atoms with Gasteiger partial charge in [0.15, 0.2) is 11.5 Å². The van der Waals surface area contributed by atoms with E-state index >= 15 is 0 Å². The van der Waals surface area contributed by atoms with E-state index in [4.69, 9.17) is 9.26 Å². The monoisotopic (exact) mass is 325 g/mol. The molecule has 1 atom stereocenters. The van der Waals surface area contributed by atoms with Crippen LogP contribution in [-0.2, 0) is 0 Å². The second-order valence-corrected chi connectivity index (χ2v) is 5.34. The van der Waals surface area contributed by atoms with Gasteiger partial charge in [-0.15, -0.1) is 0 Å². The van der Waals surface area contributed by atoms with Gasteiger partial charge < -0.3 is 14.0 Å². The van der Waals surface area contributed by atoms with E-state index in [9.17, 15) is 8.78 Å². The molecule has 2 aromatic rings. The number of aromatic nitrogens is 2. The van der Waals surface area contributed by atoms with Gasteiger partial charge in [-0.05, 0) is 44.6 Å². The fourth-order valence-corrected chi connectivity index (χ4v) is 2.71. The van der Waals surface area contributed by atoms with Crippen LogP contribution in [0.2, 0.25) is 0 Å². The van der Waals surface area contributed by atoms with Crippen molar-refractivity contribution in [2.45, 2.75) is 25.5 Å². The summed E-state index contributed by atoms with van der Waals surface area (Å²) in [5.41, 5.74) is 0.610. The Kier molecular flexibility index (Phi) is 4.42. The lowest BCUT2D eigenvalue weighted by molar-refractivity contribution is -0.0512. The summed E-state index contributed by atoms with van der Waals surface area (Å²) in [5, 5.41) is 3.97. The van der Waals surface area contributed by atoms with E-state index in [1.54, 1.807) is 12.1 Å². The predicted molar refractivity (Wildman–Crippen MR) is 77.5 cm³/mol. The van der Waals surface area contributed by atoms with E-state index in [1.807, 2.05) is 7.05 Å². The number of alkyl halides is 2. The van der Waals surface area contributed by atoms with Gasteiger partial charge in [0.05, 0.1) is 13.2 Å². The lowest BCUT2D eigenvalue weighted by Crippen LogP contribution is -2.17. The van der Waals surface area contributed by atoms with E-state index in [0.29, 0.717) is 17.3 Å². The first-order chi connectivity index (χ1) is 11.1. The van der Waals surface area contributed by atoms with Crippen LogP contribution in [0.3, 0.4) is 0 Å². The van der Waals surface area contributed by atoms with Gasteiger partial charge in [-0.1, -0.05) is 5.16 Å².